The van der Waals surface area contributed by atoms with E-state index in [2.05, 4.69) is 15.4 Å². The summed E-state index contributed by atoms with van der Waals surface area (Å²) in [5.41, 5.74) is 3.01. The van der Waals surface area contributed by atoms with Gasteiger partial charge in [0.25, 0.3) is 0 Å². The lowest BCUT2D eigenvalue weighted by atomic mass is 10.1. The Kier molecular flexibility index (Phi) is 7.48. The predicted molar refractivity (Wildman–Crippen MR) is 122 cm³/mol. The van der Waals surface area contributed by atoms with E-state index < -0.39 is 10.0 Å². The van der Waals surface area contributed by atoms with Crippen LogP contribution in [-0.4, -0.2) is 59.7 Å². The molecule has 1 aliphatic rings. The van der Waals surface area contributed by atoms with Crippen LogP contribution in [-0.2, 0) is 39.1 Å². The van der Waals surface area contributed by atoms with Crippen LogP contribution in [0.5, 0.6) is 0 Å². The maximum absolute atomic E-state index is 12.7. The van der Waals surface area contributed by atoms with E-state index in [9.17, 15) is 13.2 Å². The monoisotopic (exact) mass is 469 g/mol. The Labute approximate surface area is 193 Å². The molecule has 1 aliphatic heterocycles. The lowest BCUT2D eigenvalue weighted by molar-refractivity contribution is -0.121. The van der Waals surface area contributed by atoms with E-state index in [1.807, 2.05) is 24.3 Å². The van der Waals surface area contributed by atoms with Gasteiger partial charge in [-0.1, -0.05) is 36.4 Å². The van der Waals surface area contributed by atoms with Crippen molar-refractivity contribution in [1.29, 1.82) is 0 Å². The Morgan fingerprint density at radius 3 is 2.45 bits per heavy atom. The fraction of sp³-hybridized carbons (Fsp3) is 0.348. The molecule has 0 unspecified atom stereocenters. The van der Waals surface area contributed by atoms with Gasteiger partial charge in [0.2, 0.25) is 15.9 Å². The van der Waals surface area contributed by atoms with Gasteiger partial charge in [-0.15, -0.1) is 0 Å². The van der Waals surface area contributed by atoms with Crippen LogP contribution in [0.1, 0.15) is 23.1 Å². The van der Waals surface area contributed by atoms with Crippen molar-refractivity contribution in [3.05, 3.63) is 77.9 Å². The molecule has 1 aromatic heterocycles. The van der Waals surface area contributed by atoms with Crippen molar-refractivity contribution in [2.75, 3.05) is 26.3 Å². The van der Waals surface area contributed by atoms with E-state index >= 15 is 0 Å². The van der Waals surface area contributed by atoms with Crippen LogP contribution in [0.3, 0.4) is 0 Å². The number of aromatic nitrogens is 3. The Hall–Kier alpha value is -3.08. The summed E-state index contributed by atoms with van der Waals surface area (Å²) in [6.45, 7) is 2.58. The van der Waals surface area contributed by atoms with E-state index in [1.54, 1.807) is 35.3 Å². The molecule has 33 heavy (non-hydrogen) atoms. The lowest BCUT2D eigenvalue weighted by Crippen LogP contribution is -2.40. The molecule has 174 valence electrons. The van der Waals surface area contributed by atoms with Crippen LogP contribution in [0, 0.1) is 0 Å². The normalized spacial score (nSPS) is 14.8. The molecule has 1 saturated heterocycles. The van der Waals surface area contributed by atoms with Gasteiger partial charge >= 0.3 is 0 Å². The quantitative estimate of drug-likeness (QED) is 0.510. The van der Waals surface area contributed by atoms with Crippen molar-refractivity contribution in [1.82, 2.24) is 24.4 Å². The molecule has 0 spiro atoms. The average Bonchev–Trinajstić information content (AvgIpc) is 3.36. The third-order valence-electron chi connectivity index (χ3n) is 5.57. The SMILES string of the molecule is O=C(CCc1ccc(S(=O)(=O)N2CCOCC2)cc1)NCc1ccccc1Cn1cncn1. The Bertz CT molecular complexity index is 1160. The summed E-state index contributed by atoms with van der Waals surface area (Å²) >= 11 is 0. The van der Waals surface area contributed by atoms with Gasteiger partial charge in [-0.3, -0.25) is 4.79 Å². The smallest absolute Gasteiger partial charge is 0.243 e. The molecule has 2 heterocycles. The number of benzene rings is 2. The number of hydrogen-bond donors (Lipinski definition) is 1. The highest BCUT2D eigenvalue weighted by atomic mass is 32.2. The molecule has 0 bridgehead atoms. The maximum atomic E-state index is 12.7. The number of ether oxygens (including phenoxy) is 1. The van der Waals surface area contributed by atoms with Gasteiger partial charge in [0.15, 0.2) is 0 Å². The summed E-state index contributed by atoms with van der Waals surface area (Å²) < 4.78 is 33.8. The van der Waals surface area contributed by atoms with Crippen molar-refractivity contribution in [2.45, 2.75) is 30.8 Å². The molecule has 9 nitrogen and oxygen atoms in total. The second kappa shape index (κ2) is 10.7. The number of nitrogens with one attached hydrogen (secondary N) is 1. The second-order valence-electron chi connectivity index (χ2n) is 7.80. The number of sulfonamides is 1. The van der Waals surface area contributed by atoms with Crippen LogP contribution < -0.4 is 5.32 Å². The molecular weight excluding hydrogens is 442 g/mol. The summed E-state index contributed by atoms with van der Waals surface area (Å²) in [4.78, 5) is 16.6. The fourth-order valence-corrected chi connectivity index (χ4v) is 5.09. The Morgan fingerprint density at radius 1 is 1.03 bits per heavy atom. The molecule has 2 aromatic carbocycles. The largest absolute Gasteiger partial charge is 0.379 e. The zero-order valence-corrected chi connectivity index (χ0v) is 19.1. The fourth-order valence-electron chi connectivity index (χ4n) is 3.68. The highest BCUT2D eigenvalue weighted by molar-refractivity contribution is 7.89. The van der Waals surface area contributed by atoms with Crippen molar-refractivity contribution < 1.29 is 17.9 Å². The second-order valence-corrected chi connectivity index (χ2v) is 9.74. The van der Waals surface area contributed by atoms with Crippen molar-refractivity contribution in [3.63, 3.8) is 0 Å². The number of amides is 1. The third-order valence-corrected chi connectivity index (χ3v) is 7.48. The summed E-state index contributed by atoms with van der Waals surface area (Å²) in [6, 6.07) is 14.7. The van der Waals surface area contributed by atoms with Gasteiger partial charge in [-0.2, -0.15) is 9.40 Å². The molecule has 4 rings (SSSR count). The Morgan fingerprint density at radius 2 is 1.76 bits per heavy atom. The molecule has 0 radical (unpaired) electrons. The van der Waals surface area contributed by atoms with E-state index in [4.69, 9.17) is 4.74 Å². The number of hydrogen-bond acceptors (Lipinski definition) is 6. The molecule has 0 atom stereocenters. The van der Waals surface area contributed by atoms with Crippen molar-refractivity contribution >= 4 is 15.9 Å². The molecular formula is C23H27N5O4S. The zero-order valence-electron chi connectivity index (χ0n) is 18.3. The van der Waals surface area contributed by atoms with Crippen LogP contribution in [0.25, 0.3) is 0 Å². The molecule has 1 fully saturated rings. The first-order valence-corrected chi connectivity index (χ1v) is 12.3. The highest BCUT2D eigenvalue weighted by Crippen LogP contribution is 2.18. The predicted octanol–water partition coefficient (Wildman–Crippen LogP) is 1.60. The molecule has 10 heteroatoms. The van der Waals surface area contributed by atoms with Crippen LogP contribution in [0.15, 0.2) is 66.1 Å². The third kappa shape index (κ3) is 6.04. The molecule has 1 amide bonds. The summed E-state index contributed by atoms with van der Waals surface area (Å²) in [7, 11) is -3.51. The minimum Gasteiger partial charge on any atom is -0.379 e. The van der Waals surface area contributed by atoms with Gasteiger partial charge in [0.05, 0.1) is 24.7 Å². The Balaban J connectivity index is 1.28. The van der Waals surface area contributed by atoms with Crippen molar-refractivity contribution in [3.8, 4) is 0 Å². The average molecular weight is 470 g/mol. The van der Waals surface area contributed by atoms with E-state index in [0.717, 1.165) is 16.7 Å². The van der Waals surface area contributed by atoms with Gasteiger partial charge < -0.3 is 10.1 Å². The summed E-state index contributed by atoms with van der Waals surface area (Å²) in [5, 5.41) is 7.10. The van der Waals surface area contributed by atoms with Crippen LogP contribution in [0.2, 0.25) is 0 Å². The van der Waals surface area contributed by atoms with E-state index in [0.29, 0.717) is 52.2 Å². The zero-order chi connectivity index (χ0) is 23.1. The summed E-state index contributed by atoms with van der Waals surface area (Å²) in [6.07, 6.45) is 4.01. The minimum absolute atomic E-state index is 0.0597. The molecule has 1 N–H and O–H groups in total. The molecule has 0 saturated carbocycles. The van der Waals surface area contributed by atoms with Gasteiger partial charge in [0, 0.05) is 26.1 Å². The van der Waals surface area contributed by atoms with Gasteiger partial charge in [0.1, 0.15) is 12.7 Å². The molecule has 0 aliphatic carbocycles. The van der Waals surface area contributed by atoms with Crippen LogP contribution in [0.4, 0.5) is 0 Å². The topological polar surface area (TPSA) is 106 Å². The first kappa shape index (κ1) is 23.1. The summed E-state index contributed by atoms with van der Waals surface area (Å²) in [5.74, 6) is -0.0597. The highest BCUT2D eigenvalue weighted by Gasteiger charge is 2.26. The van der Waals surface area contributed by atoms with Crippen LogP contribution >= 0.6 is 0 Å². The van der Waals surface area contributed by atoms with E-state index in [1.165, 1.54) is 10.6 Å². The molecule has 3 aromatic rings. The minimum atomic E-state index is -3.51. The number of carbonyl (C=O) groups excluding carboxylic acids is 1. The number of morpholine rings is 1. The first-order chi connectivity index (χ1) is 16.0. The number of nitrogens with zero attached hydrogens (tertiary/aromatic N) is 4. The number of aryl methyl sites for hydroxylation is 1. The van der Waals surface area contributed by atoms with E-state index in [-0.39, 0.29) is 10.8 Å². The van der Waals surface area contributed by atoms with Gasteiger partial charge in [-0.25, -0.2) is 18.1 Å². The number of rotatable bonds is 9. The maximum Gasteiger partial charge on any atom is 0.243 e. The number of carbonyl (C=O) groups is 1. The lowest BCUT2D eigenvalue weighted by Gasteiger charge is -2.26. The van der Waals surface area contributed by atoms with Crippen molar-refractivity contribution in [2.24, 2.45) is 0 Å². The van der Waals surface area contributed by atoms with Gasteiger partial charge in [-0.05, 0) is 35.2 Å². The standard InChI is InChI=1S/C23H27N5O4S/c29-23(25-15-20-3-1-2-4-21(20)16-27-18-24-17-26-27)10-7-19-5-8-22(9-6-19)33(30,31)28-11-13-32-14-12-28/h1-6,8-9,17-18H,7,10-16H2,(H,25,29). The first-order valence-electron chi connectivity index (χ1n) is 10.8.